The molecule has 150 valence electrons. The van der Waals surface area contributed by atoms with Crippen molar-refractivity contribution in [1.29, 1.82) is 0 Å². The summed E-state index contributed by atoms with van der Waals surface area (Å²) in [5.74, 6) is 0.728. The number of aryl methyl sites for hydroxylation is 1. The monoisotopic (exact) mass is 393 g/mol. The van der Waals surface area contributed by atoms with Crippen LogP contribution in [0.4, 0.5) is 10.2 Å². The van der Waals surface area contributed by atoms with Gasteiger partial charge in [0, 0.05) is 24.4 Å². The quantitative estimate of drug-likeness (QED) is 0.711. The number of alkyl halides is 1. The average molecular weight is 393 g/mol. The van der Waals surface area contributed by atoms with Crippen molar-refractivity contribution < 1.29 is 9.50 Å². The normalized spacial score (nSPS) is 19.1. The molecule has 0 aliphatic heterocycles. The van der Waals surface area contributed by atoms with Crippen LogP contribution in [0.3, 0.4) is 0 Å². The first-order valence-corrected chi connectivity index (χ1v) is 9.86. The molecule has 0 amide bonds. The summed E-state index contributed by atoms with van der Waals surface area (Å²) in [7, 11) is 1.86. The Kier molecular flexibility index (Phi) is 5.38. The molecule has 1 aliphatic carbocycles. The van der Waals surface area contributed by atoms with Gasteiger partial charge in [0.2, 0.25) is 0 Å². The second-order valence-electron chi connectivity index (χ2n) is 7.53. The zero-order valence-corrected chi connectivity index (χ0v) is 16.6. The number of nitrogens with zero attached hydrogens (tertiary/aromatic N) is 5. The van der Waals surface area contributed by atoms with Crippen molar-refractivity contribution in [3.05, 3.63) is 48.4 Å². The highest BCUT2D eigenvalue weighted by Gasteiger charge is 2.29. The summed E-state index contributed by atoms with van der Waals surface area (Å²) in [5, 5.41) is 19.0. The third kappa shape index (κ3) is 4.04. The molecule has 3 aromatic rings. The molecule has 1 aromatic carbocycles. The number of phenolic OH excluding ortho intramolecular Hbond substituents is 1. The highest BCUT2D eigenvalue weighted by atomic mass is 19.1. The molecule has 1 N–H and O–H groups in total. The Morgan fingerprint density at radius 3 is 2.48 bits per heavy atom. The van der Waals surface area contributed by atoms with Crippen LogP contribution in [0.25, 0.3) is 22.5 Å². The smallest absolute Gasteiger partial charge is 0.151 e. The van der Waals surface area contributed by atoms with E-state index in [2.05, 4.69) is 20.2 Å². The maximum Gasteiger partial charge on any atom is 0.151 e. The van der Waals surface area contributed by atoms with Gasteiger partial charge in [0.1, 0.15) is 11.9 Å². The van der Waals surface area contributed by atoms with E-state index in [0.717, 1.165) is 30.5 Å². The lowest BCUT2D eigenvalue weighted by Gasteiger charge is -2.34. The second-order valence-corrected chi connectivity index (χ2v) is 7.53. The average Bonchev–Trinajstić information content (AvgIpc) is 2.74. The molecule has 0 radical (unpaired) electrons. The molecule has 29 heavy (non-hydrogen) atoms. The molecule has 0 spiro atoms. The van der Waals surface area contributed by atoms with E-state index in [-0.39, 0.29) is 11.8 Å². The Morgan fingerprint density at radius 1 is 1.00 bits per heavy atom. The third-order valence-corrected chi connectivity index (χ3v) is 5.51. The first-order chi connectivity index (χ1) is 14.0. The van der Waals surface area contributed by atoms with Crippen molar-refractivity contribution in [3.63, 3.8) is 0 Å². The molecule has 7 heteroatoms. The van der Waals surface area contributed by atoms with Gasteiger partial charge in [0.25, 0.3) is 0 Å². The lowest BCUT2D eigenvalue weighted by molar-refractivity contribution is 0.213. The number of anilines is 1. The van der Waals surface area contributed by atoms with E-state index in [9.17, 15) is 9.50 Å². The molecular formula is C22H24FN5O. The summed E-state index contributed by atoms with van der Waals surface area (Å²) in [4.78, 5) is 10.4. The summed E-state index contributed by atoms with van der Waals surface area (Å²) < 4.78 is 14.2. The molecule has 0 bridgehead atoms. The Morgan fingerprint density at radius 2 is 1.83 bits per heavy atom. The number of halogens is 1. The minimum Gasteiger partial charge on any atom is -0.507 e. The van der Waals surface area contributed by atoms with Crippen molar-refractivity contribution in [2.24, 2.45) is 0 Å². The molecule has 4 rings (SSSR count). The fourth-order valence-corrected chi connectivity index (χ4v) is 3.78. The van der Waals surface area contributed by atoms with Crippen molar-refractivity contribution in [1.82, 2.24) is 20.2 Å². The first-order valence-electron chi connectivity index (χ1n) is 9.86. The summed E-state index contributed by atoms with van der Waals surface area (Å²) >= 11 is 0. The Labute approximate surface area is 169 Å². The lowest BCUT2D eigenvalue weighted by atomic mass is 9.92. The maximum absolute atomic E-state index is 14.2. The van der Waals surface area contributed by atoms with Gasteiger partial charge in [-0.2, -0.15) is 0 Å². The molecule has 6 nitrogen and oxygen atoms in total. The number of rotatable bonds is 4. The van der Waals surface area contributed by atoms with E-state index < -0.39 is 6.17 Å². The van der Waals surface area contributed by atoms with Crippen LogP contribution in [0, 0.1) is 6.92 Å². The minimum absolute atomic E-state index is 0.0939. The molecule has 2 heterocycles. The number of benzene rings is 1. The van der Waals surface area contributed by atoms with E-state index >= 15 is 0 Å². The Bertz CT molecular complexity index is 977. The number of hydrogen-bond donors (Lipinski definition) is 1. The number of aromatic nitrogens is 4. The summed E-state index contributed by atoms with van der Waals surface area (Å²) in [6.45, 7) is 1.87. The van der Waals surface area contributed by atoms with E-state index in [4.69, 9.17) is 0 Å². The zero-order chi connectivity index (χ0) is 20.4. The van der Waals surface area contributed by atoms with E-state index in [1.807, 2.05) is 31.0 Å². The fraction of sp³-hybridized carbons (Fsp3) is 0.364. The SMILES string of the molecule is Cc1cnc(-c2ccc(-c3ccc(N(C)[C@H]4CCCC[C@H]4F)nn3)c(O)c2)cn1. The van der Waals surface area contributed by atoms with Gasteiger partial charge in [-0.15, -0.1) is 10.2 Å². The van der Waals surface area contributed by atoms with E-state index in [0.29, 0.717) is 29.2 Å². The van der Waals surface area contributed by atoms with Crippen LogP contribution in [0.5, 0.6) is 5.75 Å². The summed E-state index contributed by atoms with van der Waals surface area (Å²) in [6, 6.07) is 8.76. The van der Waals surface area contributed by atoms with Crippen LogP contribution in [0.15, 0.2) is 42.7 Å². The van der Waals surface area contributed by atoms with Gasteiger partial charge in [-0.1, -0.05) is 18.9 Å². The van der Waals surface area contributed by atoms with Gasteiger partial charge in [0.15, 0.2) is 5.82 Å². The van der Waals surface area contributed by atoms with Gasteiger partial charge in [-0.05, 0) is 44.0 Å². The highest BCUT2D eigenvalue weighted by Crippen LogP contribution is 2.32. The fourth-order valence-electron chi connectivity index (χ4n) is 3.78. The van der Waals surface area contributed by atoms with Crippen molar-refractivity contribution in [2.75, 3.05) is 11.9 Å². The predicted octanol–water partition coefficient (Wildman–Crippen LogP) is 4.33. The molecule has 0 saturated heterocycles. The van der Waals surface area contributed by atoms with Crippen LogP contribution < -0.4 is 4.90 Å². The topological polar surface area (TPSA) is 75.0 Å². The maximum atomic E-state index is 14.2. The van der Waals surface area contributed by atoms with Gasteiger partial charge in [-0.25, -0.2) is 4.39 Å². The molecule has 0 unspecified atom stereocenters. The molecular weight excluding hydrogens is 369 g/mol. The first kappa shape index (κ1) is 19.2. The summed E-state index contributed by atoms with van der Waals surface area (Å²) in [6.07, 6.45) is 5.94. The zero-order valence-electron chi connectivity index (χ0n) is 16.6. The van der Waals surface area contributed by atoms with E-state index in [1.54, 1.807) is 30.6 Å². The largest absolute Gasteiger partial charge is 0.507 e. The van der Waals surface area contributed by atoms with Gasteiger partial charge in [-0.3, -0.25) is 9.97 Å². The summed E-state index contributed by atoms with van der Waals surface area (Å²) in [5.41, 5.74) is 3.43. The lowest BCUT2D eigenvalue weighted by Crippen LogP contribution is -2.41. The standard InChI is InChI=1S/C22H24FN5O/c1-14-12-25-19(13-24-14)15-7-8-16(21(29)11-15)18-9-10-22(27-26-18)28(2)20-6-4-3-5-17(20)23/h7-13,17,20,29H,3-6H2,1-2H3/t17-,20+/m1/s1. The Hall–Kier alpha value is -3.09. The number of phenols is 1. The third-order valence-electron chi connectivity index (χ3n) is 5.51. The predicted molar refractivity (Wildman–Crippen MR) is 110 cm³/mol. The minimum atomic E-state index is -0.836. The second kappa shape index (κ2) is 8.11. The molecule has 2 aromatic heterocycles. The van der Waals surface area contributed by atoms with E-state index in [1.165, 1.54) is 0 Å². The van der Waals surface area contributed by atoms with Crippen molar-refractivity contribution in [2.45, 2.75) is 44.8 Å². The molecule has 1 saturated carbocycles. The number of hydrogen-bond acceptors (Lipinski definition) is 6. The van der Waals surface area contributed by atoms with Crippen LogP contribution >= 0.6 is 0 Å². The highest BCUT2D eigenvalue weighted by molar-refractivity contribution is 5.72. The van der Waals surface area contributed by atoms with Gasteiger partial charge >= 0.3 is 0 Å². The van der Waals surface area contributed by atoms with Crippen molar-refractivity contribution in [3.8, 4) is 28.3 Å². The van der Waals surface area contributed by atoms with Crippen LogP contribution in [0.1, 0.15) is 31.4 Å². The van der Waals surface area contributed by atoms with Crippen LogP contribution in [0.2, 0.25) is 0 Å². The van der Waals surface area contributed by atoms with Crippen LogP contribution in [-0.2, 0) is 0 Å². The van der Waals surface area contributed by atoms with Gasteiger partial charge < -0.3 is 10.0 Å². The molecule has 1 aliphatic rings. The van der Waals surface area contributed by atoms with Gasteiger partial charge in [0.05, 0.1) is 29.3 Å². The number of aromatic hydroxyl groups is 1. The van der Waals surface area contributed by atoms with Crippen LogP contribution in [-0.4, -0.2) is 44.5 Å². The molecule has 1 fully saturated rings. The molecule has 2 atom stereocenters. The van der Waals surface area contributed by atoms with Crippen molar-refractivity contribution >= 4 is 5.82 Å². The Balaban J connectivity index is 1.55.